The van der Waals surface area contributed by atoms with Crippen LogP contribution in [0.4, 0.5) is 8.78 Å². The molecule has 1 aliphatic heterocycles. The third kappa shape index (κ3) is 2.20. The molecule has 108 valence electrons. The molecule has 1 aromatic carbocycles. The first-order valence-corrected chi connectivity index (χ1v) is 7.08. The zero-order valence-corrected chi connectivity index (χ0v) is 11.2. The second-order valence-corrected chi connectivity index (χ2v) is 5.66. The summed E-state index contributed by atoms with van der Waals surface area (Å²) in [6.07, 6.45) is 2.51. The molecule has 2 N–H and O–H groups in total. The van der Waals surface area contributed by atoms with Crippen molar-refractivity contribution in [2.75, 3.05) is 13.1 Å². The lowest BCUT2D eigenvalue weighted by Gasteiger charge is -2.23. The van der Waals surface area contributed by atoms with Gasteiger partial charge in [0.05, 0.1) is 0 Å². The van der Waals surface area contributed by atoms with Crippen LogP contribution in [-0.4, -0.2) is 29.9 Å². The van der Waals surface area contributed by atoms with E-state index in [1.807, 2.05) is 4.90 Å². The SMILES string of the molecule is NC[C@@H]1CCCN1C(=O)[C@@H]1C[C@H]1c1cccc(F)c1F. The van der Waals surface area contributed by atoms with Crippen molar-refractivity contribution in [3.63, 3.8) is 0 Å². The fraction of sp³-hybridized carbons (Fsp3) is 0.533. The Morgan fingerprint density at radius 1 is 1.40 bits per heavy atom. The van der Waals surface area contributed by atoms with Gasteiger partial charge >= 0.3 is 0 Å². The van der Waals surface area contributed by atoms with Crippen molar-refractivity contribution in [2.24, 2.45) is 11.7 Å². The van der Waals surface area contributed by atoms with Gasteiger partial charge in [0.1, 0.15) is 0 Å². The second kappa shape index (κ2) is 5.13. The molecular formula is C15H18F2N2O. The van der Waals surface area contributed by atoms with Crippen molar-refractivity contribution < 1.29 is 13.6 Å². The van der Waals surface area contributed by atoms with Crippen molar-refractivity contribution in [3.8, 4) is 0 Å². The lowest BCUT2D eigenvalue weighted by molar-refractivity contribution is -0.133. The van der Waals surface area contributed by atoms with E-state index in [1.54, 1.807) is 6.07 Å². The quantitative estimate of drug-likeness (QED) is 0.920. The minimum absolute atomic E-state index is 0.0478. The highest BCUT2D eigenvalue weighted by Crippen LogP contribution is 2.50. The summed E-state index contributed by atoms with van der Waals surface area (Å²) in [5.41, 5.74) is 5.99. The van der Waals surface area contributed by atoms with Gasteiger partial charge in [0.25, 0.3) is 0 Å². The van der Waals surface area contributed by atoms with Gasteiger partial charge < -0.3 is 10.6 Å². The molecule has 1 saturated carbocycles. The summed E-state index contributed by atoms with van der Waals surface area (Å²) < 4.78 is 27.0. The van der Waals surface area contributed by atoms with Crippen molar-refractivity contribution in [1.82, 2.24) is 4.90 Å². The Balaban J connectivity index is 1.72. The number of hydrogen-bond donors (Lipinski definition) is 1. The standard InChI is InChI=1S/C15H18F2N2O/c16-13-5-1-4-10(14(13)17)11-7-12(11)15(20)19-6-2-3-9(19)8-18/h1,4-5,9,11-12H,2-3,6-8,18H2/t9-,11-,12+/m0/s1. The molecule has 0 bridgehead atoms. The summed E-state index contributed by atoms with van der Waals surface area (Å²) >= 11 is 0. The van der Waals surface area contributed by atoms with Crippen molar-refractivity contribution in [1.29, 1.82) is 0 Å². The molecule has 20 heavy (non-hydrogen) atoms. The van der Waals surface area contributed by atoms with Crippen LogP contribution in [0, 0.1) is 17.6 Å². The molecule has 1 heterocycles. The van der Waals surface area contributed by atoms with Crippen LogP contribution in [0.1, 0.15) is 30.7 Å². The van der Waals surface area contributed by atoms with Gasteiger partial charge in [-0.3, -0.25) is 4.79 Å². The van der Waals surface area contributed by atoms with E-state index in [9.17, 15) is 13.6 Å². The Bertz CT molecular complexity index is 535. The highest BCUT2D eigenvalue weighted by molar-refractivity contribution is 5.83. The van der Waals surface area contributed by atoms with E-state index >= 15 is 0 Å². The van der Waals surface area contributed by atoms with E-state index in [-0.39, 0.29) is 23.8 Å². The van der Waals surface area contributed by atoms with Crippen molar-refractivity contribution in [3.05, 3.63) is 35.4 Å². The van der Waals surface area contributed by atoms with Crippen LogP contribution in [0.15, 0.2) is 18.2 Å². The molecule has 1 aromatic rings. The first-order chi connectivity index (χ1) is 9.63. The first kappa shape index (κ1) is 13.5. The van der Waals surface area contributed by atoms with Crippen LogP contribution in [0.3, 0.4) is 0 Å². The highest BCUT2D eigenvalue weighted by Gasteiger charge is 2.48. The predicted molar refractivity (Wildman–Crippen MR) is 71.0 cm³/mol. The molecule has 0 spiro atoms. The molecule has 2 aliphatic rings. The Kier molecular flexibility index (Phi) is 3.46. The van der Waals surface area contributed by atoms with E-state index in [0.717, 1.165) is 25.5 Å². The van der Waals surface area contributed by atoms with Gasteiger partial charge in [-0.05, 0) is 36.8 Å². The Morgan fingerprint density at radius 3 is 2.95 bits per heavy atom. The van der Waals surface area contributed by atoms with Gasteiger partial charge in [-0.2, -0.15) is 0 Å². The lowest BCUT2D eigenvalue weighted by atomic mass is 10.1. The smallest absolute Gasteiger partial charge is 0.226 e. The van der Waals surface area contributed by atoms with Crippen molar-refractivity contribution >= 4 is 5.91 Å². The van der Waals surface area contributed by atoms with E-state index in [2.05, 4.69) is 0 Å². The largest absolute Gasteiger partial charge is 0.338 e. The molecular weight excluding hydrogens is 262 g/mol. The molecule has 3 rings (SSSR count). The molecule has 0 unspecified atom stereocenters. The maximum absolute atomic E-state index is 13.7. The number of likely N-dealkylation sites (tertiary alicyclic amines) is 1. The molecule has 2 fully saturated rings. The average molecular weight is 280 g/mol. The monoisotopic (exact) mass is 280 g/mol. The van der Waals surface area contributed by atoms with Crippen LogP contribution in [0.25, 0.3) is 0 Å². The van der Waals surface area contributed by atoms with Gasteiger partial charge in [-0.1, -0.05) is 12.1 Å². The number of halogens is 2. The fourth-order valence-electron chi connectivity index (χ4n) is 3.20. The number of hydrogen-bond acceptors (Lipinski definition) is 2. The molecule has 3 nitrogen and oxygen atoms in total. The average Bonchev–Trinajstić information content (AvgIpc) is 3.09. The number of benzene rings is 1. The normalized spacial score (nSPS) is 28.8. The fourth-order valence-corrected chi connectivity index (χ4v) is 3.20. The van der Waals surface area contributed by atoms with E-state index in [1.165, 1.54) is 6.07 Å². The summed E-state index contributed by atoms with van der Waals surface area (Å²) in [5, 5.41) is 0. The van der Waals surface area contributed by atoms with E-state index in [0.29, 0.717) is 18.5 Å². The maximum atomic E-state index is 13.7. The van der Waals surface area contributed by atoms with Crippen LogP contribution < -0.4 is 5.73 Å². The summed E-state index contributed by atoms with van der Waals surface area (Å²) in [7, 11) is 0. The maximum Gasteiger partial charge on any atom is 0.226 e. The summed E-state index contributed by atoms with van der Waals surface area (Å²) in [6, 6.07) is 4.27. The second-order valence-electron chi connectivity index (χ2n) is 5.66. The zero-order chi connectivity index (χ0) is 14.3. The number of nitrogens with two attached hydrogens (primary N) is 1. The van der Waals surface area contributed by atoms with Gasteiger partial charge in [-0.25, -0.2) is 8.78 Å². The molecule has 0 radical (unpaired) electrons. The van der Waals surface area contributed by atoms with Crippen LogP contribution in [0.2, 0.25) is 0 Å². The van der Waals surface area contributed by atoms with Gasteiger partial charge in [0.2, 0.25) is 5.91 Å². The van der Waals surface area contributed by atoms with E-state index in [4.69, 9.17) is 5.73 Å². The van der Waals surface area contributed by atoms with Gasteiger partial charge in [0, 0.05) is 25.0 Å². The summed E-state index contributed by atoms with van der Waals surface area (Å²) in [4.78, 5) is 14.2. The Morgan fingerprint density at radius 2 is 2.20 bits per heavy atom. The molecule has 0 aromatic heterocycles. The Labute approximate surface area is 116 Å². The Hall–Kier alpha value is -1.49. The molecule has 1 saturated heterocycles. The van der Waals surface area contributed by atoms with Crippen LogP contribution >= 0.6 is 0 Å². The predicted octanol–water partition coefficient (Wildman–Crippen LogP) is 2.02. The summed E-state index contributed by atoms with van der Waals surface area (Å²) in [6.45, 7) is 1.20. The number of rotatable bonds is 3. The zero-order valence-electron chi connectivity index (χ0n) is 11.2. The van der Waals surface area contributed by atoms with Gasteiger partial charge in [0.15, 0.2) is 11.6 Å². The molecule has 3 atom stereocenters. The van der Waals surface area contributed by atoms with Crippen LogP contribution in [0.5, 0.6) is 0 Å². The minimum atomic E-state index is -0.846. The molecule has 1 aliphatic carbocycles. The van der Waals surface area contributed by atoms with Crippen molar-refractivity contribution in [2.45, 2.75) is 31.2 Å². The van der Waals surface area contributed by atoms with E-state index < -0.39 is 11.6 Å². The first-order valence-electron chi connectivity index (χ1n) is 7.08. The highest BCUT2D eigenvalue weighted by atomic mass is 19.2. The third-order valence-corrected chi connectivity index (χ3v) is 4.42. The van der Waals surface area contributed by atoms with Gasteiger partial charge in [-0.15, -0.1) is 0 Å². The number of carbonyl (C=O) groups excluding carboxylic acids is 1. The summed E-state index contributed by atoms with van der Waals surface area (Å²) in [5.74, 6) is -2.01. The lowest BCUT2D eigenvalue weighted by Crippen LogP contribution is -2.40. The number of carbonyl (C=O) groups is 1. The topological polar surface area (TPSA) is 46.3 Å². The third-order valence-electron chi connectivity index (χ3n) is 4.42. The van der Waals surface area contributed by atoms with Crippen LogP contribution in [-0.2, 0) is 4.79 Å². The minimum Gasteiger partial charge on any atom is -0.338 e. The number of amides is 1. The molecule has 5 heteroatoms. The number of nitrogens with zero attached hydrogens (tertiary/aromatic N) is 1. The molecule has 1 amide bonds.